The number of rotatable bonds is 2. The Balaban J connectivity index is 1.82. The van der Waals surface area contributed by atoms with E-state index in [1.165, 1.54) is 0 Å². The first-order valence-electron chi connectivity index (χ1n) is 6.82. The summed E-state index contributed by atoms with van der Waals surface area (Å²) in [5.74, 6) is 0.0572. The van der Waals surface area contributed by atoms with Crippen LogP contribution < -0.4 is 4.90 Å². The Kier molecular flexibility index (Phi) is 2.72. The maximum atomic E-state index is 12.7. The first kappa shape index (κ1) is 12.4. The number of carbonyl (C=O) groups is 1. The molecular weight excluding hydrogens is 282 g/mol. The van der Waals surface area contributed by atoms with E-state index < -0.39 is 0 Å². The summed E-state index contributed by atoms with van der Waals surface area (Å²) >= 11 is 6.03. The number of hydrogen-bond donors (Lipinski definition) is 0. The molecule has 1 amide bonds. The molecule has 0 spiro atoms. The highest BCUT2D eigenvalue weighted by molar-refractivity contribution is 6.30. The second kappa shape index (κ2) is 4.61. The number of carbonyl (C=O) groups excluding carboxylic acids is 1. The Morgan fingerprint density at radius 2 is 1.71 bits per heavy atom. The van der Waals surface area contributed by atoms with Gasteiger partial charge in [0.1, 0.15) is 0 Å². The highest BCUT2D eigenvalue weighted by Crippen LogP contribution is 2.38. The van der Waals surface area contributed by atoms with Crippen molar-refractivity contribution in [2.24, 2.45) is 0 Å². The van der Waals surface area contributed by atoms with Crippen molar-refractivity contribution in [1.82, 2.24) is 0 Å². The zero-order chi connectivity index (χ0) is 14.4. The van der Waals surface area contributed by atoms with E-state index in [1.807, 2.05) is 65.6 Å². The van der Waals surface area contributed by atoms with Gasteiger partial charge in [0.15, 0.2) is 0 Å². The van der Waals surface area contributed by atoms with Crippen LogP contribution >= 0.6 is 11.6 Å². The van der Waals surface area contributed by atoms with Crippen LogP contribution in [0.5, 0.6) is 0 Å². The number of halogens is 1. The summed E-state index contributed by atoms with van der Waals surface area (Å²) in [6.45, 7) is 0.535. The average Bonchev–Trinajstić information content (AvgIpc) is 2.76. The molecule has 0 aliphatic carbocycles. The molecule has 21 heavy (non-hydrogen) atoms. The second-order valence-corrected chi connectivity index (χ2v) is 5.64. The fourth-order valence-corrected chi connectivity index (χ4v) is 3.17. The van der Waals surface area contributed by atoms with Crippen LogP contribution in [0.4, 0.5) is 5.69 Å². The molecule has 2 nitrogen and oxygen atoms in total. The third kappa shape index (κ3) is 1.91. The molecule has 0 saturated heterocycles. The second-order valence-electron chi connectivity index (χ2n) is 5.20. The van der Waals surface area contributed by atoms with Gasteiger partial charge in [-0.15, -0.1) is 0 Å². The van der Waals surface area contributed by atoms with Crippen molar-refractivity contribution in [3.8, 4) is 0 Å². The molecule has 0 radical (unpaired) electrons. The molecule has 3 aromatic carbocycles. The van der Waals surface area contributed by atoms with E-state index in [-0.39, 0.29) is 5.91 Å². The van der Waals surface area contributed by atoms with Crippen molar-refractivity contribution in [2.45, 2.75) is 6.54 Å². The normalized spacial score (nSPS) is 13.2. The smallest absolute Gasteiger partial charge is 0.259 e. The van der Waals surface area contributed by atoms with E-state index >= 15 is 0 Å². The zero-order valence-corrected chi connectivity index (χ0v) is 12.0. The largest absolute Gasteiger partial charge is 0.303 e. The van der Waals surface area contributed by atoms with Crippen LogP contribution in [0.2, 0.25) is 5.02 Å². The van der Waals surface area contributed by atoms with Crippen molar-refractivity contribution in [2.75, 3.05) is 4.90 Å². The highest BCUT2D eigenvalue weighted by Gasteiger charge is 2.29. The fourth-order valence-electron chi connectivity index (χ4n) is 2.95. The Morgan fingerprint density at radius 3 is 2.52 bits per heavy atom. The molecule has 102 valence electrons. The molecule has 0 fully saturated rings. The van der Waals surface area contributed by atoms with Crippen molar-refractivity contribution in [3.05, 3.63) is 76.8 Å². The first-order chi connectivity index (χ1) is 10.2. The van der Waals surface area contributed by atoms with Crippen molar-refractivity contribution in [3.63, 3.8) is 0 Å². The van der Waals surface area contributed by atoms with Crippen LogP contribution in [0.15, 0.2) is 60.7 Å². The fraction of sp³-hybridized carbons (Fsp3) is 0.0556. The lowest BCUT2D eigenvalue weighted by atomic mass is 10.1. The van der Waals surface area contributed by atoms with Crippen LogP contribution in [0, 0.1) is 0 Å². The summed E-state index contributed by atoms with van der Waals surface area (Å²) < 4.78 is 0. The molecule has 0 atom stereocenters. The van der Waals surface area contributed by atoms with Gasteiger partial charge in [-0.3, -0.25) is 4.79 Å². The molecule has 1 heterocycles. The molecule has 0 saturated carbocycles. The van der Waals surface area contributed by atoms with Gasteiger partial charge < -0.3 is 4.90 Å². The zero-order valence-electron chi connectivity index (χ0n) is 11.2. The predicted molar refractivity (Wildman–Crippen MR) is 85.9 cm³/mol. The van der Waals surface area contributed by atoms with Gasteiger partial charge in [0.25, 0.3) is 5.91 Å². The van der Waals surface area contributed by atoms with Gasteiger partial charge in [-0.1, -0.05) is 48.0 Å². The minimum Gasteiger partial charge on any atom is -0.303 e. The summed E-state index contributed by atoms with van der Waals surface area (Å²) in [6.07, 6.45) is 0. The van der Waals surface area contributed by atoms with Gasteiger partial charge in [-0.05, 0) is 35.2 Å². The maximum absolute atomic E-state index is 12.7. The summed E-state index contributed by atoms with van der Waals surface area (Å²) in [5, 5.41) is 2.84. The average molecular weight is 294 g/mol. The molecule has 1 aliphatic heterocycles. The summed E-state index contributed by atoms with van der Waals surface area (Å²) in [5.41, 5.74) is 2.79. The van der Waals surface area contributed by atoms with Gasteiger partial charge >= 0.3 is 0 Å². The Bertz CT molecular complexity index is 867. The molecule has 0 aromatic heterocycles. The Morgan fingerprint density at radius 1 is 0.952 bits per heavy atom. The van der Waals surface area contributed by atoms with E-state index in [2.05, 4.69) is 0 Å². The topological polar surface area (TPSA) is 20.3 Å². The lowest BCUT2D eigenvalue weighted by Gasteiger charge is -2.18. The predicted octanol–water partition coefficient (Wildman–Crippen LogP) is 4.65. The van der Waals surface area contributed by atoms with Crippen LogP contribution in [-0.2, 0) is 6.54 Å². The summed E-state index contributed by atoms with van der Waals surface area (Å²) in [6, 6.07) is 19.5. The van der Waals surface area contributed by atoms with Crippen LogP contribution in [0.3, 0.4) is 0 Å². The minimum absolute atomic E-state index is 0.0572. The molecular formula is C18H12ClNO. The van der Waals surface area contributed by atoms with Crippen LogP contribution in [0.1, 0.15) is 15.9 Å². The van der Waals surface area contributed by atoms with Gasteiger partial charge in [0, 0.05) is 16.0 Å². The van der Waals surface area contributed by atoms with E-state index in [0.717, 1.165) is 27.6 Å². The number of anilines is 1. The SMILES string of the molecule is O=C1c2cccc3cccc(c23)N1Cc1cccc(Cl)c1. The summed E-state index contributed by atoms with van der Waals surface area (Å²) in [4.78, 5) is 14.5. The van der Waals surface area contributed by atoms with Crippen molar-refractivity contribution >= 4 is 34.0 Å². The lowest BCUT2D eigenvalue weighted by molar-refractivity contribution is 0.0991. The maximum Gasteiger partial charge on any atom is 0.259 e. The van der Waals surface area contributed by atoms with E-state index in [4.69, 9.17) is 11.6 Å². The molecule has 4 rings (SSSR count). The highest BCUT2D eigenvalue weighted by atomic mass is 35.5. The Hall–Kier alpha value is -2.32. The van der Waals surface area contributed by atoms with Gasteiger partial charge in [0.2, 0.25) is 0 Å². The Labute approximate surface area is 127 Å². The third-order valence-corrected chi connectivity index (χ3v) is 4.11. The first-order valence-corrected chi connectivity index (χ1v) is 7.20. The monoisotopic (exact) mass is 293 g/mol. The quantitative estimate of drug-likeness (QED) is 0.673. The van der Waals surface area contributed by atoms with Gasteiger partial charge in [-0.25, -0.2) is 0 Å². The number of benzene rings is 3. The molecule has 3 aromatic rings. The van der Waals surface area contributed by atoms with Crippen LogP contribution in [0.25, 0.3) is 10.8 Å². The van der Waals surface area contributed by atoms with Gasteiger partial charge in [0.05, 0.1) is 12.2 Å². The molecule has 3 heteroatoms. The number of amides is 1. The third-order valence-electron chi connectivity index (χ3n) is 3.88. The number of nitrogens with zero attached hydrogens (tertiary/aromatic N) is 1. The van der Waals surface area contributed by atoms with Crippen molar-refractivity contribution < 1.29 is 4.79 Å². The lowest BCUT2D eigenvalue weighted by Crippen LogP contribution is -2.25. The summed E-state index contributed by atoms with van der Waals surface area (Å²) in [7, 11) is 0. The molecule has 0 unspecified atom stereocenters. The standard InChI is InChI=1S/C18H12ClNO/c19-14-7-1-4-12(10-14)11-20-16-9-3-6-13-5-2-8-15(17(13)16)18(20)21/h1-10H,11H2. The minimum atomic E-state index is 0.0572. The van der Waals surface area contributed by atoms with E-state index in [0.29, 0.717) is 11.6 Å². The van der Waals surface area contributed by atoms with Crippen molar-refractivity contribution in [1.29, 1.82) is 0 Å². The van der Waals surface area contributed by atoms with Crippen LogP contribution in [-0.4, -0.2) is 5.91 Å². The van der Waals surface area contributed by atoms with Gasteiger partial charge in [-0.2, -0.15) is 0 Å². The molecule has 0 N–H and O–H groups in total. The van der Waals surface area contributed by atoms with E-state index in [9.17, 15) is 4.79 Å². The molecule has 0 bridgehead atoms. The van der Waals surface area contributed by atoms with E-state index in [1.54, 1.807) is 0 Å². The number of hydrogen-bond acceptors (Lipinski definition) is 1. The molecule has 1 aliphatic rings.